The van der Waals surface area contributed by atoms with Crippen LogP contribution in [0.25, 0.3) is 0 Å². The van der Waals surface area contributed by atoms with Gasteiger partial charge < -0.3 is 15.0 Å². The Morgan fingerprint density at radius 1 is 1.52 bits per heavy atom. The number of ketones is 1. The van der Waals surface area contributed by atoms with E-state index in [1.165, 1.54) is 6.20 Å². The van der Waals surface area contributed by atoms with Gasteiger partial charge in [-0.25, -0.2) is 0 Å². The van der Waals surface area contributed by atoms with Crippen molar-refractivity contribution in [2.75, 3.05) is 40.3 Å². The lowest BCUT2D eigenvalue weighted by molar-refractivity contribution is 0.0311. The third-order valence-electron chi connectivity index (χ3n) is 3.55. The summed E-state index contributed by atoms with van der Waals surface area (Å²) in [4.78, 5) is 14.4. The molecule has 0 amide bonds. The summed E-state index contributed by atoms with van der Waals surface area (Å²) < 4.78 is 7.37. The molecule has 7 heteroatoms. The zero-order valence-corrected chi connectivity index (χ0v) is 13.4. The first-order valence-electron chi connectivity index (χ1n) is 7.29. The summed E-state index contributed by atoms with van der Waals surface area (Å²) in [5.41, 5.74) is 0.451. The second-order valence-corrected chi connectivity index (χ2v) is 5.96. The number of halogens is 1. The van der Waals surface area contributed by atoms with Gasteiger partial charge >= 0.3 is 0 Å². The smallest absolute Gasteiger partial charge is 0.207 e. The third kappa shape index (κ3) is 4.78. The van der Waals surface area contributed by atoms with Crippen molar-refractivity contribution in [1.82, 2.24) is 20.0 Å². The Labute approximate surface area is 130 Å². The Balaban J connectivity index is 1.92. The number of piperidine rings is 1. The summed E-state index contributed by atoms with van der Waals surface area (Å²) >= 11 is 6.09. The van der Waals surface area contributed by atoms with E-state index in [1.807, 2.05) is 19.0 Å². The van der Waals surface area contributed by atoms with Crippen molar-refractivity contribution < 1.29 is 9.53 Å². The van der Waals surface area contributed by atoms with Crippen LogP contribution in [0.15, 0.2) is 6.20 Å². The highest BCUT2D eigenvalue weighted by molar-refractivity contribution is 6.33. The van der Waals surface area contributed by atoms with Crippen LogP contribution < -0.4 is 5.32 Å². The fraction of sp³-hybridized carbons (Fsp3) is 0.714. The van der Waals surface area contributed by atoms with E-state index in [2.05, 4.69) is 10.4 Å². The number of hydrogen-bond donors (Lipinski definition) is 1. The molecule has 0 spiro atoms. The van der Waals surface area contributed by atoms with Gasteiger partial charge in [0.15, 0.2) is 0 Å². The second kappa shape index (κ2) is 7.89. The number of Topliss-reactive ketones (excluding diaryl/α,β-unsaturated/α-hetero) is 1. The first-order valence-corrected chi connectivity index (χ1v) is 7.67. The predicted molar refractivity (Wildman–Crippen MR) is 82.0 cm³/mol. The molecule has 21 heavy (non-hydrogen) atoms. The molecule has 0 aromatic carbocycles. The summed E-state index contributed by atoms with van der Waals surface area (Å²) in [6, 6.07) is 0. The maximum atomic E-state index is 12.3. The lowest BCUT2D eigenvalue weighted by atomic mass is 10.1. The number of aromatic nitrogens is 2. The van der Waals surface area contributed by atoms with Gasteiger partial charge in [-0.05, 0) is 40.0 Å². The number of nitrogens with zero attached hydrogens (tertiary/aromatic N) is 3. The molecule has 118 valence electrons. The first kappa shape index (κ1) is 16.4. The summed E-state index contributed by atoms with van der Waals surface area (Å²) in [7, 11) is 3.96. The van der Waals surface area contributed by atoms with Crippen LogP contribution in [0.4, 0.5) is 0 Å². The van der Waals surface area contributed by atoms with Gasteiger partial charge in [0.1, 0.15) is 12.3 Å². The number of carbonyl (C=O) groups excluding carboxylic acids is 1. The van der Waals surface area contributed by atoms with Crippen molar-refractivity contribution >= 4 is 17.4 Å². The van der Waals surface area contributed by atoms with Crippen LogP contribution in [-0.4, -0.2) is 66.9 Å². The van der Waals surface area contributed by atoms with Crippen molar-refractivity contribution in [3.63, 3.8) is 0 Å². The maximum Gasteiger partial charge on any atom is 0.207 e. The zero-order chi connectivity index (χ0) is 15.2. The van der Waals surface area contributed by atoms with Gasteiger partial charge in [0.25, 0.3) is 0 Å². The van der Waals surface area contributed by atoms with Gasteiger partial charge in [-0.2, -0.15) is 5.10 Å². The van der Waals surface area contributed by atoms with Crippen LogP contribution in [0.1, 0.15) is 23.3 Å². The molecule has 1 saturated heterocycles. The molecule has 0 unspecified atom stereocenters. The Morgan fingerprint density at radius 3 is 2.90 bits per heavy atom. The monoisotopic (exact) mass is 314 g/mol. The minimum absolute atomic E-state index is 0.0675. The van der Waals surface area contributed by atoms with E-state index in [4.69, 9.17) is 16.3 Å². The molecule has 0 bridgehead atoms. The molecular weight excluding hydrogens is 292 g/mol. The molecule has 1 aromatic heterocycles. The van der Waals surface area contributed by atoms with Gasteiger partial charge in [0.05, 0.1) is 23.9 Å². The van der Waals surface area contributed by atoms with Gasteiger partial charge in [-0.1, -0.05) is 11.6 Å². The molecule has 1 aliphatic rings. The average Bonchev–Trinajstić information content (AvgIpc) is 2.85. The van der Waals surface area contributed by atoms with Gasteiger partial charge in [0, 0.05) is 6.54 Å². The number of ether oxygens (including phenoxy) is 1. The molecule has 2 rings (SSSR count). The average molecular weight is 315 g/mol. The van der Waals surface area contributed by atoms with E-state index in [1.54, 1.807) is 4.68 Å². The quantitative estimate of drug-likeness (QED) is 0.762. The summed E-state index contributed by atoms with van der Waals surface area (Å²) in [5, 5.41) is 7.84. The topological polar surface area (TPSA) is 59.4 Å². The molecule has 1 aromatic rings. The van der Waals surface area contributed by atoms with E-state index in [0.717, 1.165) is 32.5 Å². The van der Waals surface area contributed by atoms with Crippen LogP contribution in [0.5, 0.6) is 0 Å². The predicted octanol–water partition coefficient (Wildman–Crippen LogP) is 1.05. The van der Waals surface area contributed by atoms with Crippen molar-refractivity contribution in [3.05, 3.63) is 16.9 Å². The number of carbonyl (C=O) groups is 1. The fourth-order valence-electron chi connectivity index (χ4n) is 2.33. The standard InChI is InChI=1S/C14H23ClN4O2/c1-18(2)7-8-19-14(12(15)9-17-19)13(20)10-21-11-3-5-16-6-4-11/h9,11,16H,3-8,10H2,1-2H3. The largest absolute Gasteiger partial charge is 0.370 e. The summed E-state index contributed by atoms with van der Waals surface area (Å²) in [6.45, 7) is 3.39. The molecule has 2 heterocycles. The number of nitrogens with one attached hydrogen (secondary N) is 1. The molecule has 0 atom stereocenters. The molecule has 0 aliphatic carbocycles. The number of likely N-dealkylation sites (N-methyl/N-ethyl adjacent to an activating group) is 1. The Bertz CT molecular complexity index is 470. The van der Waals surface area contributed by atoms with E-state index >= 15 is 0 Å². The SMILES string of the molecule is CN(C)CCn1ncc(Cl)c1C(=O)COC1CCNCC1. The molecule has 1 fully saturated rings. The maximum absolute atomic E-state index is 12.3. The highest BCUT2D eigenvalue weighted by Gasteiger charge is 2.20. The van der Waals surface area contributed by atoms with Crippen LogP contribution in [0.3, 0.4) is 0 Å². The van der Waals surface area contributed by atoms with Crippen molar-refractivity contribution in [2.24, 2.45) is 0 Å². The first-order chi connectivity index (χ1) is 10.1. The number of rotatable bonds is 7. The summed E-state index contributed by atoms with van der Waals surface area (Å²) in [5.74, 6) is -0.102. The van der Waals surface area contributed by atoms with E-state index in [9.17, 15) is 4.79 Å². The van der Waals surface area contributed by atoms with Crippen LogP contribution in [0, 0.1) is 0 Å². The fourth-order valence-corrected chi connectivity index (χ4v) is 2.57. The highest BCUT2D eigenvalue weighted by Crippen LogP contribution is 2.17. The normalized spacial score (nSPS) is 16.6. The summed E-state index contributed by atoms with van der Waals surface area (Å²) in [6.07, 6.45) is 3.57. The van der Waals surface area contributed by atoms with Crippen molar-refractivity contribution in [1.29, 1.82) is 0 Å². The molecule has 6 nitrogen and oxygen atoms in total. The van der Waals surface area contributed by atoms with Crippen molar-refractivity contribution in [3.8, 4) is 0 Å². The Kier molecular flexibility index (Phi) is 6.17. The third-order valence-corrected chi connectivity index (χ3v) is 3.83. The van der Waals surface area contributed by atoms with E-state index in [0.29, 0.717) is 17.3 Å². The minimum atomic E-state index is -0.102. The van der Waals surface area contributed by atoms with E-state index in [-0.39, 0.29) is 18.5 Å². The second-order valence-electron chi connectivity index (χ2n) is 5.55. The highest BCUT2D eigenvalue weighted by atomic mass is 35.5. The lowest BCUT2D eigenvalue weighted by Gasteiger charge is -2.22. The van der Waals surface area contributed by atoms with Crippen molar-refractivity contribution in [2.45, 2.75) is 25.5 Å². The molecule has 1 N–H and O–H groups in total. The van der Waals surface area contributed by atoms with Gasteiger partial charge in [-0.15, -0.1) is 0 Å². The van der Waals surface area contributed by atoms with E-state index < -0.39 is 0 Å². The van der Waals surface area contributed by atoms with Crippen LogP contribution >= 0.6 is 11.6 Å². The van der Waals surface area contributed by atoms with Gasteiger partial charge in [-0.3, -0.25) is 9.48 Å². The molecule has 1 aliphatic heterocycles. The lowest BCUT2D eigenvalue weighted by Crippen LogP contribution is -2.33. The zero-order valence-electron chi connectivity index (χ0n) is 12.6. The minimum Gasteiger partial charge on any atom is -0.370 e. The Morgan fingerprint density at radius 2 is 2.24 bits per heavy atom. The Hall–Kier alpha value is -0.950. The number of hydrogen-bond acceptors (Lipinski definition) is 5. The van der Waals surface area contributed by atoms with Crippen LogP contribution in [0.2, 0.25) is 5.02 Å². The molecule has 0 radical (unpaired) electrons. The molecular formula is C14H23ClN4O2. The molecule has 0 saturated carbocycles. The van der Waals surface area contributed by atoms with Crippen LogP contribution in [-0.2, 0) is 11.3 Å². The van der Waals surface area contributed by atoms with Gasteiger partial charge in [0.2, 0.25) is 5.78 Å².